The van der Waals surface area contributed by atoms with E-state index in [2.05, 4.69) is 10.6 Å². The Morgan fingerprint density at radius 1 is 1.27 bits per heavy atom. The van der Waals surface area contributed by atoms with Crippen molar-refractivity contribution in [1.29, 1.82) is 0 Å². The average Bonchev–Trinajstić information content (AvgIpc) is 3.31. The van der Waals surface area contributed by atoms with E-state index in [1.54, 1.807) is 11.8 Å². The van der Waals surface area contributed by atoms with Crippen LogP contribution in [0.25, 0.3) is 0 Å². The number of fused-ring (bicyclic) bond motifs is 1. The number of hydrogen-bond donors (Lipinski definition) is 2. The molecule has 9 nitrogen and oxygen atoms in total. The maximum absolute atomic E-state index is 10.9. The van der Waals surface area contributed by atoms with E-state index in [0.29, 0.717) is 30.4 Å². The monoisotopic (exact) mass is 434 g/mol. The number of hydrogen-bond acceptors (Lipinski definition) is 9. The molecule has 0 amide bonds. The van der Waals surface area contributed by atoms with Gasteiger partial charge in [-0.25, -0.2) is 0 Å². The number of anilines is 1. The van der Waals surface area contributed by atoms with Gasteiger partial charge >= 0.3 is 0 Å². The number of furan rings is 1. The summed E-state index contributed by atoms with van der Waals surface area (Å²) < 4.78 is 16.5. The number of nitrogens with zero attached hydrogens (tertiary/aromatic N) is 2. The molecule has 0 bridgehead atoms. The van der Waals surface area contributed by atoms with Gasteiger partial charge in [0.05, 0.1) is 10.7 Å². The van der Waals surface area contributed by atoms with E-state index in [1.807, 2.05) is 50.2 Å². The third kappa shape index (κ3) is 5.99. The van der Waals surface area contributed by atoms with E-state index in [-0.39, 0.29) is 6.79 Å². The normalized spacial score (nSPS) is 12.7. The predicted octanol–water partition coefficient (Wildman–Crippen LogP) is 3.07. The van der Waals surface area contributed by atoms with Gasteiger partial charge in [0.2, 0.25) is 6.79 Å². The average molecular weight is 435 g/mol. The molecule has 2 N–H and O–H groups in total. The molecule has 0 saturated carbocycles. The predicted molar refractivity (Wildman–Crippen MR) is 116 cm³/mol. The number of aryl methyl sites for hydroxylation is 1. The van der Waals surface area contributed by atoms with Crippen LogP contribution in [-0.4, -0.2) is 38.1 Å². The van der Waals surface area contributed by atoms with Crippen LogP contribution in [0.5, 0.6) is 11.5 Å². The Kier molecular flexibility index (Phi) is 7.34. The number of rotatable bonds is 11. The number of benzene rings is 1. The third-order valence-electron chi connectivity index (χ3n) is 4.40. The van der Waals surface area contributed by atoms with E-state index >= 15 is 0 Å². The number of thioether (sulfide) groups is 1. The van der Waals surface area contributed by atoms with Crippen LogP contribution in [0.15, 0.2) is 40.7 Å². The highest BCUT2D eigenvalue weighted by Crippen LogP contribution is 2.32. The fourth-order valence-corrected chi connectivity index (χ4v) is 3.66. The Hall–Kier alpha value is -3.01. The highest BCUT2D eigenvalue weighted by molar-refractivity contribution is 7.98. The first-order valence-electron chi connectivity index (χ1n) is 9.48. The van der Waals surface area contributed by atoms with Gasteiger partial charge in [-0.15, -0.1) is 0 Å². The molecule has 0 atom stereocenters. The van der Waals surface area contributed by atoms with Gasteiger partial charge in [-0.1, -0.05) is 6.07 Å². The van der Waals surface area contributed by atoms with Crippen molar-refractivity contribution < 1.29 is 18.8 Å². The summed E-state index contributed by atoms with van der Waals surface area (Å²) in [5.74, 6) is 5.07. The summed E-state index contributed by atoms with van der Waals surface area (Å²) in [6.07, 6.45) is 0.942. The van der Waals surface area contributed by atoms with Crippen molar-refractivity contribution in [3.63, 3.8) is 0 Å². The summed E-state index contributed by atoms with van der Waals surface area (Å²) in [6.45, 7) is 3.25. The first-order chi connectivity index (χ1) is 14.4. The molecule has 1 aliphatic rings. The second-order valence-corrected chi connectivity index (χ2v) is 8.04. The molecule has 2 heterocycles. The minimum atomic E-state index is -0.475. The van der Waals surface area contributed by atoms with E-state index in [9.17, 15) is 10.1 Å². The van der Waals surface area contributed by atoms with Crippen LogP contribution in [0, 0.1) is 17.0 Å². The van der Waals surface area contributed by atoms with Crippen molar-refractivity contribution in [2.75, 3.05) is 38.1 Å². The SMILES string of the molecule is Cc1cc(N(C)C)oc1CSCCNC(=C[N+](=O)[O-])NCc1ccc2c(c1)OCO2. The summed E-state index contributed by atoms with van der Waals surface area (Å²) in [6, 6.07) is 7.61. The van der Waals surface area contributed by atoms with Crippen molar-refractivity contribution in [3.05, 3.63) is 63.3 Å². The summed E-state index contributed by atoms with van der Waals surface area (Å²) in [4.78, 5) is 12.4. The van der Waals surface area contributed by atoms with Crippen LogP contribution in [0.1, 0.15) is 16.9 Å². The van der Waals surface area contributed by atoms with E-state index in [1.165, 1.54) is 0 Å². The topological polar surface area (TPSA) is 102 Å². The molecule has 1 aromatic carbocycles. The van der Waals surface area contributed by atoms with Gasteiger partial charge in [0.15, 0.2) is 23.2 Å². The number of ether oxygens (including phenoxy) is 2. The zero-order valence-corrected chi connectivity index (χ0v) is 18.1. The molecular formula is C20H26N4O5S. The lowest BCUT2D eigenvalue weighted by molar-refractivity contribution is -0.404. The highest BCUT2D eigenvalue weighted by Gasteiger charge is 2.13. The largest absolute Gasteiger partial charge is 0.454 e. The zero-order valence-electron chi connectivity index (χ0n) is 17.3. The Bertz CT molecular complexity index is 913. The smallest absolute Gasteiger partial charge is 0.274 e. The van der Waals surface area contributed by atoms with Gasteiger partial charge in [-0.05, 0) is 30.2 Å². The van der Waals surface area contributed by atoms with Crippen LogP contribution in [0.3, 0.4) is 0 Å². The molecule has 0 unspecified atom stereocenters. The minimum absolute atomic E-state index is 0.214. The van der Waals surface area contributed by atoms with Crippen molar-refractivity contribution >= 4 is 17.6 Å². The molecule has 0 radical (unpaired) electrons. The fraction of sp³-hybridized carbons (Fsp3) is 0.400. The minimum Gasteiger partial charge on any atom is -0.454 e. The van der Waals surface area contributed by atoms with E-state index in [0.717, 1.165) is 40.5 Å². The summed E-state index contributed by atoms with van der Waals surface area (Å²) in [5, 5.41) is 17.1. The molecular weight excluding hydrogens is 408 g/mol. The molecule has 30 heavy (non-hydrogen) atoms. The molecule has 0 fully saturated rings. The molecule has 0 spiro atoms. The Morgan fingerprint density at radius 3 is 2.80 bits per heavy atom. The highest BCUT2D eigenvalue weighted by atomic mass is 32.2. The van der Waals surface area contributed by atoms with Gasteiger partial charge in [-0.2, -0.15) is 11.8 Å². The summed E-state index contributed by atoms with van der Waals surface area (Å²) in [5.41, 5.74) is 2.06. The van der Waals surface area contributed by atoms with Gasteiger partial charge in [-0.3, -0.25) is 10.1 Å². The van der Waals surface area contributed by atoms with Crippen molar-refractivity contribution in [2.45, 2.75) is 19.2 Å². The van der Waals surface area contributed by atoms with E-state index < -0.39 is 4.92 Å². The van der Waals surface area contributed by atoms with Crippen molar-refractivity contribution in [1.82, 2.24) is 10.6 Å². The number of nitro groups is 1. The quantitative estimate of drug-likeness (QED) is 0.314. The van der Waals surface area contributed by atoms with Gasteiger partial charge in [0.1, 0.15) is 5.76 Å². The third-order valence-corrected chi connectivity index (χ3v) is 5.36. The molecule has 2 aromatic rings. The Labute approximate surface area is 179 Å². The second-order valence-electron chi connectivity index (χ2n) is 6.93. The Morgan fingerprint density at radius 2 is 2.07 bits per heavy atom. The van der Waals surface area contributed by atoms with Crippen molar-refractivity contribution in [3.8, 4) is 11.5 Å². The maximum atomic E-state index is 10.9. The second kappa shape index (κ2) is 10.1. The molecule has 0 aliphatic carbocycles. The molecule has 162 valence electrons. The molecule has 0 saturated heterocycles. The standard InChI is InChI=1S/C20H26N4O5S/c1-14-8-20(23(2)3)29-18(14)12-30-7-6-21-19(11-24(25)26)22-10-15-4-5-16-17(9-15)28-13-27-16/h4-5,8-9,11,21-22H,6-7,10,12-13H2,1-3H3. The lowest BCUT2D eigenvalue weighted by Gasteiger charge is -2.12. The van der Waals surface area contributed by atoms with Gasteiger partial charge < -0.3 is 29.4 Å². The zero-order chi connectivity index (χ0) is 21.5. The van der Waals surface area contributed by atoms with Crippen LogP contribution in [0.2, 0.25) is 0 Å². The summed E-state index contributed by atoms with van der Waals surface area (Å²) in [7, 11) is 3.89. The Balaban J connectivity index is 1.44. The van der Waals surface area contributed by atoms with Crippen molar-refractivity contribution in [2.24, 2.45) is 0 Å². The van der Waals surface area contributed by atoms with E-state index in [4.69, 9.17) is 13.9 Å². The summed E-state index contributed by atoms with van der Waals surface area (Å²) >= 11 is 1.70. The molecule has 10 heteroatoms. The lowest BCUT2D eigenvalue weighted by Crippen LogP contribution is -2.28. The van der Waals surface area contributed by atoms with Crippen LogP contribution >= 0.6 is 11.8 Å². The molecule has 1 aromatic heterocycles. The van der Waals surface area contributed by atoms with Gasteiger partial charge in [0.25, 0.3) is 6.20 Å². The van der Waals surface area contributed by atoms with Crippen LogP contribution in [-0.2, 0) is 12.3 Å². The van der Waals surface area contributed by atoms with Crippen LogP contribution in [0.4, 0.5) is 5.88 Å². The van der Waals surface area contributed by atoms with Gasteiger partial charge in [0, 0.05) is 39.0 Å². The maximum Gasteiger partial charge on any atom is 0.274 e. The van der Waals surface area contributed by atoms with Crippen LogP contribution < -0.4 is 25.0 Å². The fourth-order valence-electron chi connectivity index (χ4n) is 2.80. The lowest BCUT2D eigenvalue weighted by atomic mass is 10.2. The molecule has 3 rings (SSSR count). The first-order valence-corrected chi connectivity index (χ1v) is 10.6. The number of nitrogens with one attached hydrogen (secondary N) is 2. The first kappa shape index (κ1) is 21.7. The molecule has 1 aliphatic heterocycles.